The third-order valence-electron chi connectivity index (χ3n) is 2.21. The van der Waals surface area contributed by atoms with E-state index >= 15 is 0 Å². The first-order chi connectivity index (χ1) is 9.04. The van der Waals surface area contributed by atoms with Crippen LogP contribution in [0.5, 0.6) is 5.75 Å². The maximum absolute atomic E-state index is 10.8. The number of nitrogens with one attached hydrogen (secondary N) is 2. The Balaban J connectivity index is 2.67. The van der Waals surface area contributed by atoms with Crippen LogP contribution < -0.4 is 21.1 Å². The Morgan fingerprint density at radius 2 is 2.21 bits per heavy atom. The molecule has 2 amide bonds. The summed E-state index contributed by atoms with van der Waals surface area (Å²) in [6.45, 7) is 2.90. The van der Waals surface area contributed by atoms with Gasteiger partial charge in [-0.3, -0.25) is 10.1 Å². The molecule has 0 unspecified atom stereocenters. The molecular weight excluding hydrogens is 252 g/mol. The van der Waals surface area contributed by atoms with Crippen molar-refractivity contribution in [2.75, 3.05) is 25.0 Å². The van der Waals surface area contributed by atoms with Crippen LogP contribution in [0.25, 0.3) is 0 Å². The van der Waals surface area contributed by atoms with Crippen LogP contribution in [0.4, 0.5) is 16.2 Å². The highest BCUT2D eigenvalue weighted by molar-refractivity contribution is 5.71. The number of nitro benzene ring substituents is 1. The summed E-state index contributed by atoms with van der Waals surface area (Å²) in [7, 11) is 0. The van der Waals surface area contributed by atoms with Gasteiger partial charge in [0, 0.05) is 30.9 Å². The van der Waals surface area contributed by atoms with E-state index in [-0.39, 0.29) is 11.4 Å². The van der Waals surface area contributed by atoms with E-state index in [1.807, 2.05) is 0 Å². The molecule has 8 nitrogen and oxygen atoms in total. The Morgan fingerprint density at radius 1 is 1.47 bits per heavy atom. The van der Waals surface area contributed by atoms with Gasteiger partial charge in [-0.2, -0.15) is 0 Å². The molecule has 0 saturated carbocycles. The molecule has 8 heteroatoms. The van der Waals surface area contributed by atoms with Gasteiger partial charge in [0.05, 0.1) is 11.5 Å². The van der Waals surface area contributed by atoms with Crippen molar-refractivity contribution in [2.45, 2.75) is 6.92 Å². The van der Waals surface area contributed by atoms with Gasteiger partial charge in [-0.25, -0.2) is 4.79 Å². The van der Waals surface area contributed by atoms with E-state index in [2.05, 4.69) is 10.6 Å². The normalized spacial score (nSPS) is 9.74. The highest BCUT2D eigenvalue weighted by Gasteiger charge is 2.14. The molecule has 1 aromatic rings. The third kappa shape index (κ3) is 4.70. The molecule has 104 valence electrons. The van der Waals surface area contributed by atoms with Crippen LogP contribution >= 0.6 is 0 Å². The zero-order valence-electron chi connectivity index (χ0n) is 10.5. The molecule has 0 saturated heterocycles. The van der Waals surface area contributed by atoms with E-state index in [9.17, 15) is 14.9 Å². The topological polar surface area (TPSA) is 120 Å². The fraction of sp³-hybridized carbons (Fsp3) is 0.364. The molecule has 0 aliphatic rings. The molecule has 0 heterocycles. The number of benzene rings is 1. The number of nitrogens with zero attached hydrogens (tertiary/aromatic N) is 1. The van der Waals surface area contributed by atoms with Gasteiger partial charge >= 0.3 is 11.7 Å². The van der Waals surface area contributed by atoms with Crippen molar-refractivity contribution in [2.24, 2.45) is 5.73 Å². The van der Waals surface area contributed by atoms with Gasteiger partial charge in [0.25, 0.3) is 0 Å². The number of ether oxygens (including phenoxy) is 1. The summed E-state index contributed by atoms with van der Waals surface area (Å²) in [4.78, 5) is 20.7. The fourth-order valence-electron chi connectivity index (χ4n) is 1.44. The number of carbonyl (C=O) groups is 1. The summed E-state index contributed by atoms with van der Waals surface area (Å²) in [5.74, 6) is 0.209. The molecular formula is C11H16N4O4. The van der Waals surface area contributed by atoms with Gasteiger partial charge in [0.1, 0.15) is 0 Å². The molecule has 1 aromatic carbocycles. The van der Waals surface area contributed by atoms with Gasteiger partial charge < -0.3 is 21.1 Å². The van der Waals surface area contributed by atoms with Gasteiger partial charge in [-0.15, -0.1) is 0 Å². The molecule has 0 fully saturated rings. The standard InChI is InChI=1S/C11H16N4O4/c1-2-19-10-7-8(3-4-9(10)15(17)18)13-5-6-14-11(12)16/h3-4,7,13H,2,5-6H2,1H3,(H3,12,14,16). The van der Waals surface area contributed by atoms with E-state index in [0.717, 1.165) is 0 Å². The molecule has 0 aliphatic heterocycles. The highest BCUT2D eigenvalue weighted by atomic mass is 16.6. The van der Waals surface area contributed by atoms with Crippen molar-refractivity contribution in [1.29, 1.82) is 0 Å². The largest absolute Gasteiger partial charge is 0.487 e. The van der Waals surface area contributed by atoms with Crippen LogP contribution in [-0.4, -0.2) is 30.7 Å². The number of urea groups is 1. The van der Waals surface area contributed by atoms with Gasteiger partial charge in [-0.05, 0) is 13.0 Å². The average Bonchev–Trinajstić information content (AvgIpc) is 2.35. The van der Waals surface area contributed by atoms with Crippen LogP contribution in [0.15, 0.2) is 18.2 Å². The van der Waals surface area contributed by atoms with Crippen LogP contribution in [0, 0.1) is 10.1 Å². The quantitative estimate of drug-likeness (QED) is 0.388. The first-order valence-electron chi connectivity index (χ1n) is 5.73. The molecule has 0 atom stereocenters. The zero-order chi connectivity index (χ0) is 14.3. The second-order valence-corrected chi connectivity index (χ2v) is 3.59. The maximum Gasteiger partial charge on any atom is 0.312 e. The number of carbonyl (C=O) groups excluding carboxylic acids is 1. The fourth-order valence-corrected chi connectivity index (χ4v) is 1.44. The van der Waals surface area contributed by atoms with E-state index in [1.165, 1.54) is 6.07 Å². The molecule has 0 bridgehead atoms. The summed E-state index contributed by atoms with van der Waals surface area (Å²) in [5.41, 5.74) is 5.50. The van der Waals surface area contributed by atoms with E-state index in [4.69, 9.17) is 10.5 Å². The summed E-state index contributed by atoms with van der Waals surface area (Å²) in [5, 5.41) is 16.2. The lowest BCUT2D eigenvalue weighted by Gasteiger charge is -2.09. The Kier molecular flexibility index (Phi) is 5.39. The Hall–Kier alpha value is -2.51. The van der Waals surface area contributed by atoms with Gasteiger partial charge in [0.15, 0.2) is 5.75 Å². The molecule has 0 aromatic heterocycles. The number of nitrogens with two attached hydrogens (primary N) is 1. The van der Waals surface area contributed by atoms with Gasteiger partial charge in [0.2, 0.25) is 0 Å². The summed E-state index contributed by atoms with van der Waals surface area (Å²) in [6, 6.07) is 3.89. The first-order valence-corrected chi connectivity index (χ1v) is 5.73. The number of amides is 2. The molecule has 0 radical (unpaired) electrons. The number of nitro groups is 1. The molecule has 4 N–H and O–H groups in total. The predicted molar refractivity (Wildman–Crippen MR) is 70.3 cm³/mol. The van der Waals surface area contributed by atoms with Crippen molar-refractivity contribution in [3.05, 3.63) is 28.3 Å². The van der Waals surface area contributed by atoms with Crippen molar-refractivity contribution in [3.8, 4) is 5.75 Å². The van der Waals surface area contributed by atoms with Crippen molar-refractivity contribution < 1.29 is 14.5 Å². The van der Waals surface area contributed by atoms with Gasteiger partial charge in [-0.1, -0.05) is 0 Å². The SMILES string of the molecule is CCOc1cc(NCCNC(N)=O)ccc1[N+](=O)[O-]. The zero-order valence-corrected chi connectivity index (χ0v) is 10.5. The van der Waals surface area contributed by atoms with Crippen molar-refractivity contribution in [1.82, 2.24) is 5.32 Å². The van der Waals surface area contributed by atoms with E-state index in [1.54, 1.807) is 19.1 Å². The number of anilines is 1. The lowest BCUT2D eigenvalue weighted by molar-refractivity contribution is -0.385. The monoisotopic (exact) mass is 268 g/mol. The number of rotatable bonds is 7. The van der Waals surface area contributed by atoms with E-state index in [0.29, 0.717) is 25.4 Å². The van der Waals surface area contributed by atoms with Crippen LogP contribution in [0.1, 0.15) is 6.92 Å². The molecule has 0 spiro atoms. The highest BCUT2D eigenvalue weighted by Crippen LogP contribution is 2.29. The number of primary amides is 1. The smallest absolute Gasteiger partial charge is 0.312 e. The summed E-state index contributed by atoms with van der Waals surface area (Å²) >= 11 is 0. The Morgan fingerprint density at radius 3 is 2.79 bits per heavy atom. The predicted octanol–water partition coefficient (Wildman–Crippen LogP) is 1.07. The number of hydrogen-bond acceptors (Lipinski definition) is 5. The second-order valence-electron chi connectivity index (χ2n) is 3.59. The van der Waals surface area contributed by atoms with E-state index < -0.39 is 11.0 Å². The third-order valence-corrected chi connectivity index (χ3v) is 2.21. The first kappa shape index (κ1) is 14.6. The second kappa shape index (κ2) is 7.04. The Bertz CT molecular complexity index is 464. The number of hydrogen-bond donors (Lipinski definition) is 3. The summed E-state index contributed by atoms with van der Waals surface area (Å²) in [6.07, 6.45) is 0. The average molecular weight is 268 g/mol. The van der Waals surface area contributed by atoms with Crippen LogP contribution in [0.3, 0.4) is 0 Å². The minimum Gasteiger partial charge on any atom is -0.487 e. The minimum absolute atomic E-state index is 0.0809. The molecule has 19 heavy (non-hydrogen) atoms. The Labute approximate surface area is 110 Å². The lowest BCUT2D eigenvalue weighted by atomic mass is 10.2. The maximum atomic E-state index is 10.8. The van der Waals surface area contributed by atoms with Crippen molar-refractivity contribution >= 4 is 17.4 Å². The lowest BCUT2D eigenvalue weighted by Crippen LogP contribution is -2.33. The molecule has 0 aliphatic carbocycles. The van der Waals surface area contributed by atoms with Crippen LogP contribution in [-0.2, 0) is 0 Å². The van der Waals surface area contributed by atoms with Crippen LogP contribution in [0.2, 0.25) is 0 Å². The molecule has 1 rings (SSSR count). The minimum atomic E-state index is -0.597. The summed E-state index contributed by atoms with van der Waals surface area (Å²) < 4.78 is 5.21. The van der Waals surface area contributed by atoms with Crippen molar-refractivity contribution in [3.63, 3.8) is 0 Å².